The Morgan fingerprint density at radius 1 is 1.48 bits per heavy atom. The van der Waals surface area contributed by atoms with Crippen LogP contribution in [0.2, 0.25) is 0 Å². The largest absolute Gasteiger partial charge is 0.495 e. The van der Waals surface area contributed by atoms with Crippen molar-refractivity contribution < 1.29 is 13.2 Å². The smallest absolute Gasteiger partial charge is 0.242 e. The number of hydrogen-bond acceptors (Lipinski definition) is 5. The molecule has 0 bridgehead atoms. The van der Waals surface area contributed by atoms with Crippen LogP contribution >= 0.6 is 0 Å². The molecule has 1 saturated heterocycles. The van der Waals surface area contributed by atoms with Crippen LogP contribution in [0.5, 0.6) is 5.75 Å². The van der Waals surface area contributed by atoms with Crippen molar-refractivity contribution in [2.45, 2.75) is 11.3 Å². The molecule has 1 unspecified atom stereocenters. The first-order valence-corrected chi connectivity index (χ1v) is 8.37. The van der Waals surface area contributed by atoms with Gasteiger partial charge in [-0.2, -0.15) is 0 Å². The van der Waals surface area contributed by atoms with Gasteiger partial charge in [-0.1, -0.05) is 0 Å². The van der Waals surface area contributed by atoms with Crippen molar-refractivity contribution in [2.24, 2.45) is 5.92 Å². The molecule has 21 heavy (non-hydrogen) atoms. The third kappa shape index (κ3) is 3.48. The molecular formula is C14H23N3O3S. The number of hydrogen-bond donors (Lipinski definition) is 1. The zero-order valence-electron chi connectivity index (χ0n) is 12.7. The highest BCUT2D eigenvalue weighted by Gasteiger charge is 2.27. The van der Waals surface area contributed by atoms with E-state index in [4.69, 9.17) is 10.5 Å². The standard InChI is InChI=1S/C14H23N3O3S/c1-16-7-6-11(9-16)10-17(2)21(18,19)12-4-5-14(20-3)13(15)8-12/h4-5,8,11H,6-7,9-10,15H2,1-3H3. The Morgan fingerprint density at radius 2 is 2.19 bits per heavy atom. The van der Waals surface area contributed by atoms with Gasteiger partial charge in [0.25, 0.3) is 0 Å². The molecule has 0 saturated carbocycles. The summed E-state index contributed by atoms with van der Waals surface area (Å²) in [6, 6.07) is 4.56. The fourth-order valence-corrected chi connectivity index (χ4v) is 3.97. The molecule has 1 aromatic carbocycles. The molecule has 7 heteroatoms. The van der Waals surface area contributed by atoms with Gasteiger partial charge < -0.3 is 15.4 Å². The SMILES string of the molecule is COc1ccc(S(=O)(=O)N(C)CC2CCN(C)C2)cc1N. The summed E-state index contributed by atoms with van der Waals surface area (Å²) in [6.07, 6.45) is 1.03. The average molecular weight is 313 g/mol. The van der Waals surface area contributed by atoms with Crippen molar-refractivity contribution in [3.63, 3.8) is 0 Å². The third-order valence-corrected chi connectivity index (χ3v) is 5.73. The summed E-state index contributed by atoms with van der Waals surface area (Å²) in [5.41, 5.74) is 6.12. The number of anilines is 1. The summed E-state index contributed by atoms with van der Waals surface area (Å²) >= 11 is 0. The number of likely N-dealkylation sites (tertiary alicyclic amines) is 1. The molecule has 1 fully saturated rings. The zero-order valence-corrected chi connectivity index (χ0v) is 13.6. The van der Waals surface area contributed by atoms with Crippen LogP contribution in [0.4, 0.5) is 5.69 Å². The van der Waals surface area contributed by atoms with Crippen molar-refractivity contribution in [3.05, 3.63) is 18.2 Å². The number of nitrogens with two attached hydrogens (primary N) is 1. The van der Waals surface area contributed by atoms with Gasteiger partial charge in [-0.3, -0.25) is 0 Å². The number of benzene rings is 1. The minimum atomic E-state index is -3.51. The van der Waals surface area contributed by atoms with Gasteiger partial charge >= 0.3 is 0 Å². The molecular weight excluding hydrogens is 290 g/mol. The van der Waals surface area contributed by atoms with E-state index in [1.54, 1.807) is 13.1 Å². The Bertz CT molecular complexity index is 603. The molecule has 0 amide bonds. The second-order valence-electron chi connectivity index (χ2n) is 5.61. The number of nitrogen functional groups attached to an aromatic ring is 1. The minimum absolute atomic E-state index is 0.203. The lowest BCUT2D eigenvalue weighted by Gasteiger charge is -2.21. The summed E-state index contributed by atoms with van der Waals surface area (Å²) in [7, 11) is 1.66. The molecule has 118 valence electrons. The van der Waals surface area contributed by atoms with Crippen molar-refractivity contribution in [2.75, 3.05) is 46.6 Å². The first kappa shape index (κ1) is 16.1. The molecule has 1 atom stereocenters. The van der Waals surface area contributed by atoms with Gasteiger partial charge in [-0.25, -0.2) is 12.7 Å². The molecule has 1 aliphatic rings. The molecule has 1 aromatic rings. The summed E-state index contributed by atoms with van der Waals surface area (Å²) in [5.74, 6) is 0.861. The van der Waals surface area contributed by atoms with E-state index in [2.05, 4.69) is 11.9 Å². The normalized spacial score (nSPS) is 20.1. The maximum Gasteiger partial charge on any atom is 0.242 e. The monoisotopic (exact) mass is 313 g/mol. The second-order valence-corrected chi connectivity index (χ2v) is 7.65. The fourth-order valence-electron chi connectivity index (χ4n) is 2.69. The third-order valence-electron chi connectivity index (χ3n) is 3.91. The van der Waals surface area contributed by atoms with Gasteiger partial charge in [0.1, 0.15) is 5.75 Å². The van der Waals surface area contributed by atoms with Crippen LogP contribution in [0.3, 0.4) is 0 Å². The van der Waals surface area contributed by atoms with Crippen LogP contribution in [-0.4, -0.2) is 58.5 Å². The molecule has 0 aliphatic carbocycles. The summed E-state index contributed by atoms with van der Waals surface area (Å²) < 4.78 is 31.6. The number of methoxy groups -OCH3 is 1. The van der Waals surface area contributed by atoms with Crippen molar-refractivity contribution in [3.8, 4) is 5.75 Å². The number of ether oxygens (including phenoxy) is 1. The number of nitrogens with zero attached hydrogens (tertiary/aromatic N) is 2. The number of sulfonamides is 1. The van der Waals surface area contributed by atoms with Crippen LogP contribution in [0.15, 0.2) is 23.1 Å². The van der Waals surface area contributed by atoms with Crippen LogP contribution < -0.4 is 10.5 Å². The van der Waals surface area contributed by atoms with E-state index in [-0.39, 0.29) is 4.90 Å². The quantitative estimate of drug-likeness (QED) is 0.816. The Kier molecular flexibility index (Phi) is 4.75. The lowest BCUT2D eigenvalue weighted by atomic mass is 10.1. The molecule has 6 nitrogen and oxygen atoms in total. The van der Waals surface area contributed by atoms with Crippen LogP contribution in [0, 0.1) is 5.92 Å². The van der Waals surface area contributed by atoms with Crippen molar-refractivity contribution in [1.82, 2.24) is 9.21 Å². The maximum atomic E-state index is 12.6. The topological polar surface area (TPSA) is 75.9 Å². The first-order valence-electron chi connectivity index (χ1n) is 6.93. The van der Waals surface area contributed by atoms with Gasteiger partial charge in [0.05, 0.1) is 17.7 Å². The molecule has 1 heterocycles. The molecule has 1 aliphatic heterocycles. The Labute approximate surface area is 126 Å². The van der Waals surface area contributed by atoms with Crippen LogP contribution in [0.25, 0.3) is 0 Å². The minimum Gasteiger partial charge on any atom is -0.495 e. The zero-order chi connectivity index (χ0) is 15.6. The first-order chi connectivity index (χ1) is 9.84. The van der Waals surface area contributed by atoms with E-state index in [0.29, 0.717) is 23.9 Å². The number of rotatable bonds is 5. The van der Waals surface area contributed by atoms with Crippen LogP contribution in [0.1, 0.15) is 6.42 Å². The predicted molar refractivity (Wildman–Crippen MR) is 82.8 cm³/mol. The highest BCUT2D eigenvalue weighted by molar-refractivity contribution is 7.89. The van der Waals surface area contributed by atoms with E-state index in [0.717, 1.165) is 19.5 Å². The Balaban J connectivity index is 2.15. The van der Waals surface area contributed by atoms with Crippen LogP contribution in [-0.2, 0) is 10.0 Å². The highest BCUT2D eigenvalue weighted by Crippen LogP contribution is 2.26. The highest BCUT2D eigenvalue weighted by atomic mass is 32.2. The summed E-state index contributed by atoms with van der Waals surface area (Å²) in [6.45, 7) is 2.48. The van der Waals surface area contributed by atoms with Gasteiger partial charge in [0.2, 0.25) is 10.0 Å². The molecule has 0 spiro atoms. The van der Waals surface area contributed by atoms with Gasteiger partial charge in [0, 0.05) is 20.1 Å². The molecule has 2 rings (SSSR count). The van der Waals surface area contributed by atoms with Gasteiger partial charge in [0.15, 0.2) is 0 Å². The Morgan fingerprint density at radius 3 is 2.71 bits per heavy atom. The maximum absolute atomic E-state index is 12.6. The van der Waals surface area contributed by atoms with E-state index < -0.39 is 10.0 Å². The average Bonchev–Trinajstić information content (AvgIpc) is 2.83. The van der Waals surface area contributed by atoms with E-state index in [1.807, 2.05) is 0 Å². The Hall–Kier alpha value is -1.31. The van der Waals surface area contributed by atoms with Crippen molar-refractivity contribution >= 4 is 15.7 Å². The molecule has 0 aromatic heterocycles. The van der Waals surface area contributed by atoms with Gasteiger partial charge in [-0.15, -0.1) is 0 Å². The molecule has 0 radical (unpaired) electrons. The van der Waals surface area contributed by atoms with E-state index in [9.17, 15) is 8.42 Å². The van der Waals surface area contributed by atoms with Gasteiger partial charge in [-0.05, 0) is 44.1 Å². The molecule has 2 N–H and O–H groups in total. The second kappa shape index (κ2) is 6.21. The summed E-state index contributed by atoms with van der Waals surface area (Å²) in [5, 5.41) is 0. The predicted octanol–water partition coefficient (Wildman–Crippen LogP) is 0.850. The van der Waals surface area contributed by atoms with E-state index in [1.165, 1.54) is 23.5 Å². The lowest BCUT2D eigenvalue weighted by Crippen LogP contribution is -2.32. The van der Waals surface area contributed by atoms with Crippen molar-refractivity contribution in [1.29, 1.82) is 0 Å². The summed E-state index contributed by atoms with van der Waals surface area (Å²) in [4.78, 5) is 2.42. The van der Waals surface area contributed by atoms with E-state index >= 15 is 0 Å². The fraction of sp³-hybridized carbons (Fsp3) is 0.571. The lowest BCUT2D eigenvalue weighted by molar-refractivity contribution is 0.356.